The summed E-state index contributed by atoms with van der Waals surface area (Å²) in [5.74, 6) is 1.26. The Labute approximate surface area is 153 Å². The van der Waals surface area contributed by atoms with Crippen molar-refractivity contribution in [2.75, 3.05) is 25.9 Å². The van der Waals surface area contributed by atoms with Gasteiger partial charge in [0.2, 0.25) is 0 Å². The molecule has 1 fully saturated rings. The standard InChI is InChI=1S/C20H23ClN2O2/c1-13-12-23(9-8-15(13)14-6-4-3-5-7-14)20(24)16-10-17(21)18(22)11-19(16)25-2/h3-7,10-11,13,15H,8-9,12,22H2,1-2H3. The highest BCUT2D eigenvalue weighted by atomic mass is 35.5. The number of anilines is 1. The van der Waals surface area contributed by atoms with Gasteiger partial charge in [-0.25, -0.2) is 0 Å². The van der Waals surface area contributed by atoms with Crippen molar-refractivity contribution in [3.8, 4) is 5.75 Å². The van der Waals surface area contributed by atoms with E-state index in [-0.39, 0.29) is 5.91 Å². The van der Waals surface area contributed by atoms with Crippen LogP contribution in [0.25, 0.3) is 0 Å². The van der Waals surface area contributed by atoms with Gasteiger partial charge in [0.1, 0.15) is 5.75 Å². The second-order valence-corrected chi connectivity index (χ2v) is 7.02. The van der Waals surface area contributed by atoms with Crippen molar-refractivity contribution in [3.63, 3.8) is 0 Å². The van der Waals surface area contributed by atoms with Crippen molar-refractivity contribution in [2.45, 2.75) is 19.3 Å². The van der Waals surface area contributed by atoms with E-state index in [0.29, 0.717) is 46.9 Å². The Bertz CT molecular complexity index is 764. The van der Waals surface area contributed by atoms with Gasteiger partial charge in [-0.2, -0.15) is 0 Å². The number of nitrogen functional groups attached to an aromatic ring is 1. The summed E-state index contributed by atoms with van der Waals surface area (Å²) in [5.41, 5.74) is 8.03. The lowest BCUT2D eigenvalue weighted by Gasteiger charge is -2.37. The maximum absolute atomic E-state index is 13.0. The number of amides is 1. The van der Waals surface area contributed by atoms with Gasteiger partial charge < -0.3 is 15.4 Å². The van der Waals surface area contributed by atoms with Gasteiger partial charge in [-0.05, 0) is 29.9 Å². The summed E-state index contributed by atoms with van der Waals surface area (Å²) in [6.45, 7) is 3.63. The number of carbonyl (C=O) groups excluding carboxylic acids is 1. The van der Waals surface area contributed by atoms with E-state index in [0.717, 1.165) is 6.42 Å². The molecule has 0 aromatic heterocycles. The minimum Gasteiger partial charge on any atom is -0.496 e. The first-order valence-corrected chi connectivity index (χ1v) is 8.86. The molecule has 3 rings (SSSR count). The molecule has 25 heavy (non-hydrogen) atoms. The molecule has 1 aliphatic heterocycles. The maximum Gasteiger partial charge on any atom is 0.257 e. The number of rotatable bonds is 3. The zero-order valence-corrected chi connectivity index (χ0v) is 15.3. The number of piperidine rings is 1. The van der Waals surface area contributed by atoms with Crippen LogP contribution in [-0.4, -0.2) is 31.0 Å². The fourth-order valence-electron chi connectivity index (χ4n) is 3.60. The normalized spacial score (nSPS) is 20.4. The van der Waals surface area contributed by atoms with Crippen LogP contribution in [0.1, 0.15) is 35.2 Å². The quantitative estimate of drug-likeness (QED) is 0.837. The number of nitrogens with zero attached hydrogens (tertiary/aromatic N) is 1. The van der Waals surface area contributed by atoms with Gasteiger partial charge in [-0.1, -0.05) is 48.9 Å². The SMILES string of the molecule is COc1cc(N)c(Cl)cc1C(=O)N1CCC(c2ccccc2)C(C)C1. The largest absolute Gasteiger partial charge is 0.496 e. The monoisotopic (exact) mass is 358 g/mol. The molecule has 1 amide bonds. The Hall–Kier alpha value is -2.20. The van der Waals surface area contributed by atoms with Crippen molar-refractivity contribution in [1.82, 2.24) is 4.90 Å². The molecule has 2 aromatic rings. The molecule has 4 nitrogen and oxygen atoms in total. The molecule has 0 spiro atoms. The van der Waals surface area contributed by atoms with Gasteiger partial charge in [0.15, 0.2) is 0 Å². The number of halogens is 1. The molecule has 1 heterocycles. The minimum absolute atomic E-state index is 0.0582. The van der Waals surface area contributed by atoms with E-state index < -0.39 is 0 Å². The van der Waals surface area contributed by atoms with Crippen LogP contribution >= 0.6 is 11.6 Å². The van der Waals surface area contributed by atoms with E-state index in [1.54, 1.807) is 12.1 Å². The zero-order valence-electron chi connectivity index (χ0n) is 14.5. The third-order valence-corrected chi connectivity index (χ3v) is 5.30. The molecular formula is C20H23ClN2O2. The second-order valence-electron chi connectivity index (χ2n) is 6.61. The Morgan fingerprint density at radius 1 is 1.28 bits per heavy atom. The average Bonchev–Trinajstić information content (AvgIpc) is 2.63. The Morgan fingerprint density at radius 2 is 2.00 bits per heavy atom. The van der Waals surface area contributed by atoms with Crippen molar-refractivity contribution in [1.29, 1.82) is 0 Å². The molecule has 0 radical (unpaired) electrons. The van der Waals surface area contributed by atoms with Crippen LogP contribution < -0.4 is 10.5 Å². The van der Waals surface area contributed by atoms with Crippen molar-refractivity contribution < 1.29 is 9.53 Å². The summed E-state index contributed by atoms with van der Waals surface area (Å²) >= 11 is 6.11. The number of nitrogens with two attached hydrogens (primary N) is 1. The van der Waals surface area contributed by atoms with Crippen LogP contribution in [0.15, 0.2) is 42.5 Å². The Morgan fingerprint density at radius 3 is 2.64 bits per heavy atom. The highest BCUT2D eigenvalue weighted by Crippen LogP contribution is 2.35. The fraction of sp³-hybridized carbons (Fsp3) is 0.350. The number of hydrogen-bond donors (Lipinski definition) is 1. The van der Waals surface area contributed by atoms with Crippen molar-refractivity contribution in [3.05, 3.63) is 58.6 Å². The molecule has 1 saturated heterocycles. The van der Waals surface area contributed by atoms with E-state index >= 15 is 0 Å². The summed E-state index contributed by atoms with van der Waals surface area (Å²) in [4.78, 5) is 14.9. The number of methoxy groups -OCH3 is 1. The number of benzene rings is 2. The van der Waals surface area contributed by atoms with Gasteiger partial charge in [-0.15, -0.1) is 0 Å². The average molecular weight is 359 g/mol. The summed E-state index contributed by atoms with van der Waals surface area (Å²) in [6.07, 6.45) is 0.946. The van der Waals surface area contributed by atoms with E-state index in [2.05, 4.69) is 31.2 Å². The maximum atomic E-state index is 13.0. The smallest absolute Gasteiger partial charge is 0.257 e. The second kappa shape index (κ2) is 7.36. The Kier molecular flexibility index (Phi) is 5.19. The number of hydrogen-bond acceptors (Lipinski definition) is 3. The van der Waals surface area contributed by atoms with Gasteiger partial charge in [0.05, 0.1) is 23.4 Å². The third kappa shape index (κ3) is 3.59. The molecule has 0 aliphatic carbocycles. The summed E-state index contributed by atoms with van der Waals surface area (Å²) in [5, 5.41) is 0.372. The van der Waals surface area contributed by atoms with Crippen LogP contribution in [-0.2, 0) is 0 Å². The zero-order chi connectivity index (χ0) is 18.0. The molecule has 0 bridgehead atoms. The van der Waals surface area contributed by atoms with E-state index in [4.69, 9.17) is 22.1 Å². The molecule has 2 unspecified atom stereocenters. The summed E-state index contributed by atoms with van der Waals surface area (Å²) in [7, 11) is 1.53. The third-order valence-electron chi connectivity index (χ3n) is 4.97. The lowest BCUT2D eigenvalue weighted by molar-refractivity contribution is 0.0657. The topological polar surface area (TPSA) is 55.6 Å². The van der Waals surface area contributed by atoms with Crippen LogP contribution in [0.5, 0.6) is 5.75 Å². The van der Waals surface area contributed by atoms with Crippen LogP contribution in [0.3, 0.4) is 0 Å². The lowest BCUT2D eigenvalue weighted by atomic mass is 9.81. The molecular weight excluding hydrogens is 336 g/mol. The van der Waals surface area contributed by atoms with Crippen LogP contribution in [0.4, 0.5) is 5.69 Å². The van der Waals surface area contributed by atoms with E-state index in [1.807, 2.05) is 11.0 Å². The first-order chi connectivity index (χ1) is 12.0. The summed E-state index contributed by atoms with van der Waals surface area (Å²) in [6, 6.07) is 13.7. The first kappa shape index (κ1) is 17.6. The summed E-state index contributed by atoms with van der Waals surface area (Å²) < 4.78 is 5.32. The van der Waals surface area contributed by atoms with Gasteiger partial charge in [0, 0.05) is 19.2 Å². The number of likely N-dealkylation sites (tertiary alicyclic amines) is 1. The van der Waals surface area contributed by atoms with Gasteiger partial charge in [0.25, 0.3) is 5.91 Å². The molecule has 2 atom stereocenters. The Balaban J connectivity index is 1.78. The molecule has 1 aliphatic rings. The van der Waals surface area contributed by atoms with Crippen molar-refractivity contribution in [2.24, 2.45) is 5.92 Å². The number of ether oxygens (including phenoxy) is 1. The molecule has 2 aromatic carbocycles. The van der Waals surface area contributed by atoms with Gasteiger partial charge >= 0.3 is 0 Å². The van der Waals surface area contributed by atoms with Crippen LogP contribution in [0.2, 0.25) is 5.02 Å². The lowest BCUT2D eigenvalue weighted by Crippen LogP contribution is -2.42. The first-order valence-electron chi connectivity index (χ1n) is 8.48. The van der Waals surface area contributed by atoms with E-state index in [1.165, 1.54) is 12.7 Å². The van der Waals surface area contributed by atoms with Crippen LogP contribution in [0, 0.1) is 5.92 Å². The molecule has 2 N–H and O–H groups in total. The molecule has 0 saturated carbocycles. The fourth-order valence-corrected chi connectivity index (χ4v) is 3.76. The van der Waals surface area contributed by atoms with Crippen molar-refractivity contribution >= 4 is 23.2 Å². The highest BCUT2D eigenvalue weighted by Gasteiger charge is 2.31. The van der Waals surface area contributed by atoms with E-state index in [9.17, 15) is 4.79 Å². The molecule has 132 valence electrons. The van der Waals surface area contributed by atoms with Gasteiger partial charge in [-0.3, -0.25) is 4.79 Å². The minimum atomic E-state index is -0.0582. The predicted molar refractivity (Wildman–Crippen MR) is 101 cm³/mol. The molecule has 5 heteroatoms. The highest BCUT2D eigenvalue weighted by molar-refractivity contribution is 6.33. The predicted octanol–water partition coefficient (Wildman–Crippen LogP) is 4.20. The number of carbonyl (C=O) groups is 1.